The van der Waals surface area contributed by atoms with Crippen molar-refractivity contribution < 1.29 is 4.74 Å². The molecule has 0 saturated heterocycles. The smallest absolute Gasteiger partial charge is 0.144 e. The molecule has 0 aliphatic heterocycles. The predicted molar refractivity (Wildman–Crippen MR) is 74.8 cm³/mol. The molecule has 2 aromatic rings. The van der Waals surface area contributed by atoms with Crippen molar-refractivity contribution in [3.05, 3.63) is 47.9 Å². The van der Waals surface area contributed by atoms with Crippen LogP contribution in [-0.4, -0.2) is 23.6 Å². The first-order valence-electron chi connectivity index (χ1n) is 6.19. The van der Waals surface area contributed by atoms with Gasteiger partial charge in [-0.2, -0.15) is 0 Å². The first-order chi connectivity index (χ1) is 9.29. The Morgan fingerprint density at radius 3 is 2.89 bits per heavy atom. The highest BCUT2D eigenvalue weighted by molar-refractivity contribution is 5.33. The standard InChI is InChI=1S/C14H18N4O/c1-19-12-5-3-2-4-11(12)6-8-16-10-14-17-9-7-13(15)18-14/h2-5,7,9,16H,6,8,10H2,1H3,(H2,15,17,18). The van der Waals surface area contributed by atoms with E-state index in [4.69, 9.17) is 10.5 Å². The number of nitrogens with two attached hydrogens (primary N) is 1. The van der Waals surface area contributed by atoms with Crippen LogP contribution in [0.5, 0.6) is 5.75 Å². The normalized spacial score (nSPS) is 10.4. The highest BCUT2D eigenvalue weighted by Gasteiger charge is 2.01. The van der Waals surface area contributed by atoms with E-state index in [9.17, 15) is 0 Å². The van der Waals surface area contributed by atoms with Crippen LogP contribution >= 0.6 is 0 Å². The molecule has 100 valence electrons. The molecule has 0 atom stereocenters. The van der Waals surface area contributed by atoms with Crippen LogP contribution in [0.1, 0.15) is 11.4 Å². The summed E-state index contributed by atoms with van der Waals surface area (Å²) in [5.74, 6) is 2.13. The minimum atomic E-state index is 0.497. The molecule has 0 unspecified atom stereocenters. The summed E-state index contributed by atoms with van der Waals surface area (Å²) in [5.41, 5.74) is 6.78. The van der Waals surface area contributed by atoms with Crippen LogP contribution in [-0.2, 0) is 13.0 Å². The second-order valence-corrected chi connectivity index (χ2v) is 4.14. The third kappa shape index (κ3) is 3.93. The summed E-state index contributed by atoms with van der Waals surface area (Å²) in [4.78, 5) is 8.27. The van der Waals surface area contributed by atoms with Crippen LogP contribution in [0, 0.1) is 0 Å². The fraction of sp³-hybridized carbons (Fsp3) is 0.286. The number of anilines is 1. The largest absolute Gasteiger partial charge is 0.496 e. The monoisotopic (exact) mass is 258 g/mol. The van der Waals surface area contributed by atoms with Crippen molar-refractivity contribution in [2.24, 2.45) is 0 Å². The lowest BCUT2D eigenvalue weighted by atomic mass is 10.1. The Hall–Kier alpha value is -2.14. The number of para-hydroxylation sites is 1. The van der Waals surface area contributed by atoms with Crippen molar-refractivity contribution in [2.45, 2.75) is 13.0 Å². The number of rotatable bonds is 6. The average Bonchev–Trinajstić information content (AvgIpc) is 2.44. The van der Waals surface area contributed by atoms with Crippen molar-refractivity contribution >= 4 is 5.82 Å². The highest BCUT2D eigenvalue weighted by atomic mass is 16.5. The molecule has 1 aromatic heterocycles. The van der Waals surface area contributed by atoms with Crippen LogP contribution in [0.25, 0.3) is 0 Å². The Balaban J connectivity index is 1.81. The van der Waals surface area contributed by atoms with Gasteiger partial charge in [-0.3, -0.25) is 0 Å². The predicted octanol–water partition coefficient (Wildman–Crippen LogP) is 1.40. The van der Waals surface area contributed by atoms with Gasteiger partial charge in [0.25, 0.3) is 0 Å². The first-order valence-corrected chi connectivity index (χ1v) is 6.19. The zero-order valence-corrected chi connectivity index (χ0v) is 11.0. The van der Waals surface area contributed by atoms with E-state index in [0.717, 1.165) is 18.7 Å². The minimum Gasteiger partial charge on any atom is -0.496 e. The SMILES string of the molecule is COc1ccccc1CCNCc1nccc(N)n1. The average molecular weight is 258 g/mol. The van der Waals surface area contributed by atoms with Crippen LogP contribution in [0.3, 0.4) is 0 Å². The molecule has 19 heavy (non-hydrogen) atoms. The molecule has 2 rings (SSSR count). The molecule has 0 spiro atoms. The van der Waals surface area contributed by atoms with Gasteiger partial charge in [-0.25, -0.2) is 9.97 Å². The van der Waals surface area contributed by atoms with Crippen LogP contribution in [0.15, 0.2) is 36.5 Å². The van der Waals surface area contributed by atoms with Crippen LogP contribution in [0.2, 0.25) is 0 Å². The van der Waals surface area contributed by atoms with E-state index in [1.165, 1.54) is 5.56 Å². The summed E-state index contributed by atoms with van der Waals surface area (Å²) in [6.07, 6.45) is 2.56. The summed E-state index contributed by atoms with van der Waals surface area (Å²) in [6.45, 7) is 1.44. The zero-order valence-electron chi connectivity index (χ0n) is 11.0. The van der Waals surface area contributed by atoms with Gasteiger partial charge < -0.3 is 15.8 Å². The Labute approximate surface area is 112 Å². The maximum Gasteiger partial charge on any atom is 0.144 e. The van der Waals surface area contributed by atoms with E-state index in [1.54, 1.807) is 19.4 Å². The third-order valence-corrected chi connectivity index (χ3v) is 2.77. The molecule has 1 aromatic carbocycles. The van der Waals surface area contributed by atoms with Gasteiger partial charge in [-0.15, -0.1) is 0 Å². The summed E-state index contributed by atoms with van der Waals surface area (Å²) in [5, 5.41) is 3.29. The fourth-order valence-electron chi connectivity index (χ4n) is 1.83. The number of aromatic nitrogens is 2. The molecule has 0 amide bonds. The topological polar surface area (TPSA) is 73.1 Å². The van der Waals surface area contributed by atoms with Crippen LogP contribution < -0.4 is 15.8 Å². The lowest BCUT2D eigenvalue weighted by molar-refractivity contribution is 0.409. The maximum absolute atomic E-state index is 5.60. The number of nitrogens with one attached hydrogen (secondary N) is 1. The van der Waals surface area contributed by atoms with E-state index >= 15 is 0 Å². The van der Waals surface area contributed by atoms with E-state index in [2.05, 4.69) is 21.4 Å². The molecule has 0 aliphatic rings. The van der Waals surface area contributed by atoms with Gasteiger partial charge in [-0.1, -0.05) is 18.2 Å². The van der Waals surface area contributed by atoms with Gasteiger partial charge in [-0.05, 0) is 30.7 Å². The van der Waals surface area contributed by atoms with E-state index in [0.29, 0.717) is 18.2 Å². The van der Waals surface area contributed by atoms with E-state index in [1.807, 2.05) is 18.2 Å². The minimum absolute atomic E-state index is 0.497. The molecular formula is C14H18N4O. The summed E-state index contributed by atoms with van der Waals surface area (Å²) in [6, 6.07) is 9.70. The Bertz CT molecular complexity index is 530. The molecule has 1 heterocycles. The molecule has 0 radical (unpaired) electrons. The lowest BCUT2D eigenvalue weighted by Gasteiger charge is -2.08. The molecule has 0 saturated carbocycles. The van der Waals surface area contributed by atoms with Gasteiger partial charge >= 0.3 is 0 Å². The summed E-state index contributed by atoms with van der Waals surface area (Å²) < 4.78 is 5.31. The number of hydrogen-bond donors (Lipinski definition) is 2. The van der Waals surface area contributed by atoms with Crippen molar-refractivity contribution in [3.63, 3.8) is 0 Å². The van der Waals surface area contributed by atoms with Gasteiger partial charge in [0.15, 0.2) is 0 Å². The first kappa shape index (κ1) is 13.3. The van der Waals surface area contributed by atoms with Gasteiger partial charge in [0.2, 0.25) is 0 Å². The van der Waals surface area contributed by atoms with Gasteiger partial charge in [0, 0.05) is 6.20 Å². The van der Waals surface area contributed by atoms with Crippen LogP contribution in [0.4, 0.5) is 5.82 Å². The molecule has 0 aliphatic carbocycles. The van der Waals surface area contributed by atoms with Crippen molar-refractivity contribution in [2.75, 3.05) is 19.4 Å². The van der Waals surface area contributed by atoms with Gasteiger partial charge in [0.05, 0.1) is 13.7 Å². The molecule has 3 N–H and O–H groups in total. The molecular weight excluding hydrogens is 240 g/mol. The molecule has 5 nitrogen and oxygen atoms in total. The number of benzene rings is 1. The lowest BCUT2D eigenvalue weighted by Crippen LogP contribution is -2.18. The zero-order chi connectivity index (χ0) is 13.5. The molecule has 0 bridgehead atoms. The number of ether oxygens (including phenoxy) is 1. The number of nitrogen functional groups attached to an aromatic ring is 1. The number of hydrogen-bond acceptors (Lipinski definition) is 5. The summed E-state index contributed by atoms with van der Waals surface area (Å²) >= 11 is 0. The van der Waals surface area contributed by atoms with Crippen molar-refractivity contribution in [1.82, 2.24) is 15.3 Å². The Morgan fingerprint density at radius 2 is 2.11 bits per heavy atom. The van der Waals surface area contributed by atoms with E-state index < -0.39 is 0 Å². The van der Waals surface area contributed by atoms with Crippen molar-refractivity contribution in [3.8, 4) is 5.75 Å². The second-order valence-electron chi connectivity index (χ2n) is 4.14. The van der Waals surface area contributed by atoms with Crippen molar-refractivity contribution in [1.29, 1.82) is 0 Å². The second kappa shape index (κ2) is 6.70. The quantitative estimate of drug-likeness (QED) is 0.766. The van der Waals surface area contributed by atoms with Gasteiger partial charge in [0.1, 0.15) is 17.4 Å². The maximum atomic E-state index is 5.60. The third-order valence-electron chi connectivity index (χ3n) is 2.77. The fourth-order valence-corrected chi connectivity index (χ4v) is 1.83. The summed E-state index contributed by atoms with van der Waals surface area (Å²) in [7, 11) is 1.69. The van der Waals surface area contributed by atoms with E-state index in [-0.39, 0.29) is 0 Å². The Morgan fingerprint density at radius 1 is 1.26 bits per heavy atom. The number of methoxy groups -OCH3 is 1. The highest BCUT2D eigenvalue weighted by Crippen LogP contribution is 2.17. The molecule has 5 heteroatoms. The number of nitrogens with zero attached hydrogens (tertiary/aromatic N) is 2. The Kier molecular flexibility index (Phi) is 4.69. The molecule has 0 fully saturated rings.